The van der Waals surface area contributed by atoms with Crippen molar-refractivity contribution >= 4 is 11.7 Å². The third-order valence-corrected chi connectivity index (χ3v) is 4.75. The number of likely N-dealkylation sites (tertiary alicyclic amines) is 1. The molecule has 1 amide bonds. The summed E-state index contributed by atoms with van der Waals surface area (Å²) in [6.07, 6.45) is 0.991. The van der Waals surface area contributed by atoms with Crippen molar-refractivity contribution in [2.75, 3.05) is 19.6 Å². The van der Waals surface area contributed by atoms with Crippen LogP contribution in [0.5, 0.6) is 0 Å². The molecule has 2 aliphatic heterocycles. The van der Waals surface area contributed by atoms with Crippen LogP contribution >= 0.6 is 0 Å². The van der Waals surface area contributed by atoms with Crippen molar-refractivity contribution in [2.24, 2.45) is 22.7 Å². The van der Waals surface area contributed by atoms with E-state index in [4.69, 9.17) is 0 Å². The minimum atomic E-state index is -0.433. The van der Waals surface area contributed by atoms with Gasteiger partial charge in [-0.1, -0.05) is 41.5 Å². The summed E-state index contributed by atoms with van der Waals surface area (Å²) in [5.41, 5.74) is -0.835. The van der Waals surface area contributed by atoms with Crippen molar-refractivity contribution in [2.45, 2.75) is 54.0 Å². The minimum Gasteiger partial charge on any atom is -0.332 e. The van der Waals surface area contributed by atoms with Gasteiger partial charge in [-0.3, -0.25) is 9.59 Å². The molecule has 0 bridgehead atoms. The predicted octanol–water partition coefficient (Wildman–Crippen LogP) is 2.08. The topological polar surface area (TPSA) is 49.4 Å². The second kappa shape index (κ2) is 5.38. The smallest absolute Gasteiger partial charge is 0.228 e. The first-order valence-corrected chi connectivity index (χ1v) is 8.09. The molecule has 3 unspecified atom stereocenters. The highest BCUT2D eigenvalue weighted by Crippen LogP contribution is 2.39. The Balaban J connectivity index is 2.33. The van der Waals surface area contributed by atoms with Gasteiger partial charge in [-0.2, -0.15) is 0 Å². The van der Waals surface area contributed by atoms with E-state index < -0.39 is 10.8 Å². The van der Waals surface area contributed by atoms with Gasteiger partial charge < -0.3 is 10.2 Å². The van der Waals surface area contributed by atoms with Crippen molar-refractivity contribution < 1.29 is 9.59 Å². The number of rotatable bonds is 1. The van der Waals surface area contributed by atoms with E-state index in [0.29, 0.717) is 11.8 Å². The lowest BCUT2D eigenvalue weighted by atomic mass is 9.77. The summed E-state index contributed by atoms with van der Waals surface area (Å²) >= 11 is 0. The Bertz CT molecular complexity index is 431. The van der Waals surface area contributed by atoms with E-state index in [1.807, 2.05) is 46.4 Å². The van der Waals surface area contributed by atoms with Gasteiger partial charge in [0.05, 0.1) is 6.04 Å². The van der Waals surface area contributed by atoms with Crippen LogP contribution < -0.4 is 5.32 Å². The number of nitrogens with one attached hydrogen (secondary N) is 1. The van der Waals surface area contributed by atoms with E-state index in [0.717, 1.165) is 26.1 Å². The molecule has 4 heteroatoms. The summed E-state index contributed by atoms with van der Waals surface area (Å²) < 4.78 is 0. The summed E-state index contributed by atoms with van der Waals surface area (Å²) in [5, 5.41) is 3.40. The van der Waals surface area contributed by atoms with Crippen LogP contribution in [0.2, 0.25) is 0 Å². The number of ketones is 1. The lowest BCUT2D eigenvalue weighted by molar-refractivity contribution is -0.147. The molecule has 0 aliphatic carbocycles. The standard InChI is InChI=1S/C17H30N2O2/c1-16(2,3)14(20)13-12-7-8-18-9-11(12)10-19(13)15(21)17(4,5)6/h11-13,18H,7-10H2,1-6H3. The summed E-state index contributed by atoms with van der Waals surface area (Å²) in [4.78, 5) is 27.6. The molecule has 0 radical (unpaired) electrons. The molecular weight excluding hydrogens is 264 g/mol. The number of carbonyl (C=O) groups excluding carboxylic acids is 2. The van der Waals surface area contributed by atoms with Crippen molar-refractivity contribution in [1.82, 2.24) is 10.2 Å². The van der Waals surface area contributed by atoms with E-state index >= 15 is 0 Å². The van der Waals surface area contributed by atoms with Crippen LogP contribution in [0.3, 0.4) is 0 Å². The fourth-order valence-corrected chi connectivity index (χ4v) is 3.58. The molecule has 1 N–H and O–H groups in total. The molecule has 21 heavy (non-hydrogen) atoms. The number of fused-ring (bicyclic) bond motifs is 1. The molecule has 120 valence electrons. The van der Waals surface area contributed by atoms with Gasteiger partial charge in [-0.15, -0.1) is 0 Å². The first-order valence-electron chi connectivity index (χ1n) is 8.09. The van der Waals surface area contributed by atoms with Gasteiger partial charge in [-0.25, -0.2) is 0 Å². The van der Waals surface area contributed by atoms with Gasteiger partial charge >= 0.3 is 0 Å². The molecule has 4 nitrogen and oxygen atoms in total. The fourth-order valence-electron chi connectivity index (χ4n) is 3.58. The lowest BCUT2D eigenvalue weighted by Gasteiger charge is -2.36. The highest BCUT2D eigenvalue weighted by molar-refractivity contribution is 5.94. The van der Waals surface area contributed by atoms with Gasteiger partial charge in [0, 0.05) is 17.4 Å². The maximum absolute atomic E-state index is 12.9. The SMILES string of the molecule is CC(C)(C)C(=O)C1C2CCNCC2CN1C(=O)C(C)(C)C. The van der Waals surface area contributed by atoms with Gasteiger partial charge in [0.2, 0.25) is 5.91 Å². The Labute approximate surface area is 128 Å². The van der Waals surface area contributed by atoms with E-state index in [9.17, 15) is 9.59 Å². The number of hydrogen-bond donors (Lipinski definition) is 1. The van der Waals surface area contributed by atoms with Crippen LogP contribution in [0.25, 0.3) is 0 Å². The van der Waals surface area contributed by atoms with E-state index in [1.54, 1.807) is 0 Å². The van der Waals surface area contributed by atoms with Gasteiger partial charge in [0.15, 0.2) is 5.78 Å². The molecule has 0 aromatic carbocycles. The summed E-state index contributed by atoms with van der Waals surface area (Å²) in [6, 6.07) is -0.233. The highest BCUT2D eigenvalue weighted by Gasteiger charge is 2.51. The first-order chi connectivity index (χ1) is 9.53. The number of carbonyl (C=O) groups is 2. The normalized spacial score (nSPS) is 30.2. The first kappa shape index (κ1) is 16.5. The molecule has 2 aliphatic rings. The molecule has 0 aromatic rings. The van der Waals surface area contributed by atoms with E-state index in [-0.39, 0.29) is 17.7 Å². The Hall–Kier alpha value is -0.900. The van der Waals surface area contributed by atoms with Crippen LogP contribution in [-0.2, 0) is 9.59 Å². The zero-order valence-electron chi connectivity index (χ0n) is 14.3. The van der Waals surface area contributed by atoms with Crippen molar-refractivity contribution in [3.05, 3.63) is 0 Å². The molecule has 0 spiro atoms. The van der Waals surface area contributed by atoms with Crippen LogP contribution in [0.1, 0.15) is 48.0 Å². The predicted molar refractivity (Wildman–Crippen MR) is 83.9 cm³/mol. The Morgan fingerprint density at radius 2 is 1.67 bits per heavy atom. The van der Waals surface area contributed by atoms with Crippen molar-refractivity contribution in [3.63, 3.8) is 0 Å². The fraction of sp³-hybridized carbons (Fsp3) is 0.882. The molecule has 2 heterocycles. The second-order valence-corrected chi connectivity index (χ2v) is 8.68. The van der Waals surface area contributed by atoms with Gasteiger partial charge in [0.25, 0.3) is 0 Å². The monoisotopic (exact) mass is 294 g/mol. The largest absolute Gasteiger partial charge is 0.332 e. The highest BCUT2D eigenvalue weighted by atomic mass is 16.2. The molecule has 3 atom stereocenters. The lowest BCUT2D eigenvalue weighted by Crippen LogP contribution is -2.51. The quantitative estimate of drug-likeness (QED) is 0.805. The number of Topliss-reactive ketones (excluding diaryl/α,β-unsaturated/α-hetero) is 1. The summed E-state index contributed by atoms with van der Waals surface area (Å²) in [5.74, 6) is 1.07. The number of piperidine rings is 1. The minimum absolute atomic E-state index is 0.111. The second-order valence-electron chi connectivity index (χ2n) is 8.68. The number of nitrogens with zero attached hydrogens (tertiary/aromatic N) is 1. The summed E-state index contributed by atoms with van der Waals surface area (Å²) in [6.45, 7) is 14.3. The van der Waals surface area contributed by atoms with Gasteiger partial charge in [-0.05, 0) is 31.3 Å². The number of amides is 1. The molecule has 2 saturated heterocycles. The van der Waals surface area contributed by atoms with E-state index in [2.05, 4.69) is 5.32 Å². The number of hydrogen-bond acceptors (Lipinski definition) is 3. The van der Waals surface area contributed by atoms with Crippen LogP contribution in [0, 0.1) is 22.7 Å². The maximum Gasteiger partial charge on any atom is 0.228 e. The Kier molecular flexibility index (Phi) is 4.22. The third-order valence-electron chi connectivity index (χ3n) is 4.75. The summed E-state index contributed by atoms with van der Waals surface area (Å²) in [7, 11) is 0. The van der Waals surface area contributed by atoms with Crippen LogP contribution in [-0.4, -0.2) is 42.3 Å². The zero-order chi connectivity index (χ0) is 16.0. The maximum atomic E-state index is 12.9. The van der Waals surface area contributed by atoms with Gasteiger partial charge in [0.1, 0.15) is 0 Å². The average Bonchev–Trinajstić information content (AvgIpc) is 2.73. The average molecular weight is 294 g/mol. The molecule has 2 rings (SSSR count). The molecule has 0 saturated carbocycles. The van der Waals surface area contributed by atoms with E-state index in [1.165, 1.54) is 0 Å². The van der Waals surface area contributed by atoms with Crippen LogP contribution in [0.4, 0.5) is 0 Å². The zero-order valence-corrected chi connectivity index (χ0v) is 14.3. The third kappa shape index (κ3) is 3.15. The molecular formula is C17H30N2O2. The Morgan fingerprint density at radius 3 is 2.19 bits per heavy atom. The molecule has 0 aromatic heterocycles. The molecule has 2 fully saturated rings. The van der Waals surface area contributed by atoms with Crippen molar-refractivity contribution in [3.8, 4) is 0 Å². The van der Waals surface area contributed by atoms with Crippen LogP contribution in [0.15, 0.2) is 0 Å². The Morgan fingerprint density at radius 1 is 1.05 bits per heavy atom. The van der Waals surface area contributed by atoms with Crippen molar-refractivity contribution in [1.29, 1.82) is 0 Å².